The van der Waals surface area contributed by atoms with Gasteiger partial charge in [-0.2, -0.15) is 0 Å². The van der Waals surface area contributed by atoms with Crippen molar-refractivity contribution in [2.45, 2.75) is 50.5 Å². The molecule has 46 heavy (non-hydrogen) atoms. The van der Waals surface area contributed by atoms with Crippen LogP contribution in [-0.2, 0) is 38.6 Å². The monoisotopic (exact) mass is 620 g/mol. The van der Waals surface area contributed by atoms with Crippen LogP contribution in [-0.4, -0.2) is 45.9 Å². The number of methoxy groups -OCH3 is 1. The summed E-state index contributed by atoms with van der Waals surface area (Å²) in [5.74, 6) is -0.536. The molecule has 1 aliphatic heterocycles. The van der Waals surface area contributed by atoms with Gasteiger partial charge in [0.25, 0.3) is 0 Å². The van der Waals surface area contributed by atoms with Gasteiger partial charge < -0.3 is 34.5 Å². The molecule has 10 nitrogen and oxygen atoms in total. The van der Waals surface area contributed by atoms with Gasteiger partial charge in [-0.3, -0.25) is 0 Å². The van der Waals surface area contributed by atoms with Crippen LogP contribution in [0.3, 0.4) is 0 Å². The van der Waals surface area contributed by atoms with Gasteiger partial charge >= 0.3 is 12.0 Å². The van der Waals surface area contributed by atoms with Crippen molar-refractivity contribution in [2.75, 3.05) is 12.4 Å². The molecule has 1 fully saturated rings. The Labute approximate surface area is 266 Å². The number of benzene rings is 4. The molecular formula is C36H36N4O6. The second kappa shape index (κ2) is 14.4. The highest BCUT2D eigenvalue weighted by molar-refractivity contribution is 5.92. The fraction of sp³-hybridized carbons (Fsp3) is 0.250. The number of nitrogens with one attached hydrogen (secondary N) is 2. The summed E-state index contributed by atoms with van der Waals surface area (Å²) in [6.07, 6.45) is 1.52. The van der Waals surface area contributed by atoms with E-state index in [1.165, 1.54) is 7.11 Å². The number of fused-ring (bicyclic) bond motifs is 1. The molecule has 1 aromatic heterocycles. The number of amides is 2. The molecule has 4 aromatic carbocycles. The van der Waals surface area contributed by atoms with Gasteiger partial charge in [0.15, 0.2) is 6.29 Å². The highest BCUT2D eigenvalue weighted by atomic mass is 16.7. The van der Waals surface area contributed by atoms with Crippen LogP contribution in [0.4, 0.5) is 10.5 Å². The lowest BCUT2D eigenvalue weighted by molar-refractivity contribution is -0.252. The number of rotatable bonds is 10. The number of aliphatic hydroxyl groups is 1. The lowest BCUT2D eigenvalue weighted by atomic mass is 10.00. The van der Waals surface area contributed by atoms with Gasteiger partial charge in [0.2, 0.25) is 0 Å². The van der Waals surface area contributed by atoms with E-state index in [1.807, 2.05) is 97.3 Å². The third-order valence-electron chi connectivity index (χ3n) is 8.03. The summed E-state index contributed by atoms with van der Waals surface area (Å²) >= 11 is 0. The molecule has 4 atom stereocenters. The van der Waals surface area contributed by atoms with E-state index >= 15 is 0 Å². The van der Waals surface area contributed by atoms with Crippen LogP contribution < -0.4 is 10.6 Å². The van der Waals surface area contributed by atoms with E-state index in [9.17, 15) is 14.7 Å². The lowest BCUT2D eigenvalue weighted by Crippen LogP contribution is -2.45. The highest BCUT2D eigenvalue weighted by Crippen LogP contribution is 2.39. The molecule has 2 heterocycles. The van der Waals surface area contributed by atoms with Crippen molar-refractivity contribution in [1.82, 2.24) is 14.9 Å². The van der Waals surface area contributed by atoms with Crippen molar-refractivity contribution in [1.29, 1.82) is 0 Å². The molecule has 0 radical (unpaired) electrons. The molecule has 2 amide bonds. The molecule has 3 N–H and O–H groups in total. The molecule has 0 saturated carbocycles. The SMILES string of the molecule is COC(=O)C(Cc1ccccc1)NC(=O)Nc1cccc(C2OC(Cn3cnc4ccccc43)CC(c3ccc(CO)cc3)O2)c1. The van der Waals surface area contributed by atoms with Crippen LogP contribution >= 0.6 is 0 Å². The minimum Gasteiger partial charge on any atom is -0.467 e. The molecule has 4 unspecified atom stereocenters. The molecule has 0 bridgehead atoms. The first kappa shape index (κ1) is 31.0. The second-order valence-electron chi connectivity index (χ2n) is 11.2. The van der Waals surface area contributed by atoms with Crippen LogP contribution in [0.5, 0.6) is 0 Å². The zero-order valence-electron chi connectivity index (χ0n) is 25.4. The van der Waals surface area contributed by atoms with Crippen molar-refractivity contribution < 1.29 is 28.9 Å². The van der Waals surface area contributed by atoms with E-state index in [0.29, 0.717) is 25.1 Å². The molecule has 5 aromatic rings. The topological polar surface area (TPSA) is 124 Å². The van der Waals surface area contributed by atoms with E-state index in [4.69, 9.17) is 14.2 Å². The van der Waals surface area contributed by atoms with Crippen molar-refractivity contribution in [3.63, 3.8) is 0 Å². The van der Waals surface area contributed by atoms with E-state index in [0.717, 1.165) is 33.3 Å². The predicted octanol–water partition coefficient (Wildman–Crippen LogP) is 5.68. The van der Waals surface area contributed by atoms with Crippen molar-refractivity contribution in [3.05, 3.63) is 132 Å². The number of hydrogen-bond donors (Lipinski definition) is 3. The third-order valence-corrected chi connectivity index (χ3v) is 8.03. The number of esters is 1. The number of carbonyl (C=O) groups is 2. The highest BCUT2D eigenvalue weighted by Gasteiger charge is 2.33. The zero-order chi connectivity index (χ0) is 31.9. The Balaban J connectivity index is 1.20. The summed E-state index contributed by atoms with van der Waals surface area (Å²) in [6.45, 7) is 0.538. The summed E-state index contributed by atoms with van der Waals surface area (Å²) in [6, 6.07) is 31.0. The normalized spacial score (nSPS) is 18.5. The Kier molecular flexibility index (Phi) is 9.68. The van der Waals surface area contributed by atoms with E-state index in [2.05, 4.69) is 20.2 Å². The maximum atomic E-state index is 13.0. The van der Waals surface area contributed by atoms with Gasteiger partial charge in [-0.05, 0) is 41.0 Å². The summed E-state index contributed by atoms with van der Waals surface area (Å²) in [5.41, 5.74) is 5.87. The molecular weight excluding hydrogens is 584 g/mol. The van der Waals surface area contributed by atoms with Crippen LogP contribution in [0.1, 0.15) is 41.1 Å². The largest absolute Gasteiger partial charge is 0.467 e. The smallest absolute Gasteiger partial charge is 0.328 e. The van der Waals surface area contributed by atoms with E-state index in [1.54, 1.807) is 12.1 Å². The summed E-state index contributed by atoms with van der Waals surface area (Å²) < 4.78 is 20.1. The van der Waals surface area contributed by atoms with Gasteiger partial charge in [0, 0.05) is 24.1 Å². The fourth-order valence-corrected chi connectivity index (χ4v) is 5.68. The quantitative estimate of drug-likeness (QED) is 0.172. The van der Waals surface area contributed by atoms with E-state index in [-0.39, 0.29) is 18.8 Å². The van der Waals surface area contributed by atoms with Gasteiger partial charge in [0.1, 0.15) is 6.04 Å². The molecule has 6 rings (SSSR count). The fourth-order valence-electron chi connectivity index (χ4n) is 5.68. The predicted molar refractivity (Wildman–Crippen MR) is 173 cm³/mol. The Hall–Kier alpha value is -5.03. The number of aromatic nitrogens is 2. The second-order valence-corrected chi connectivity index (χ2v) is 11.2. The maximum absolute atomic E-state index is 13.0. The van der Waals surface area contributed by atoms with Crippen LogP contribution in [0, 0.1) is 0 Å². The first-order valence-corrected chi connectivity index (χ1v) is 15.2. The zero-order valence-corrected chi connectivity index (χ0v) is 25.4. The number of urea groups is 1. The first-order valence-electron chi connectivity index (χ1n) is 15.2. The molecule has 236 valence electrons. The first-order chi connectivity index (χ1) is 22.5. The summed E-state index contributed by atoms with van der Waals surface area (Å²) in [7, 11) is 1.30. The lowest BCUT2D eigenvalue weighted by Gasteiger charge is -2.36. The number of anilines is 1. The number of carbonyl (C=O) groups excluding carboxylic acids is 2. The summed E-state index contributed by atoms with van der Waals surface area (Å²) in [4.78, 5) is 30.0. The molecule has 10 heteroatoms. The minimum absolute atomic E-state index is 0.0339. The van der Waals surface area contributed by atoms with Crippen molar-refractivity contribution in [2.24, 2.45) is 0 Å². The number of imidazole rings is 1. The standard InChI is InChI=1S/C36H36N4O6/c1-44-34(42)31(18-24-8-3-2-4-9-24)39-36(43)38-28-11-7-10-27(19-28)35-45-29(21-40-23-37-30-12-5-6-13-32(30)40)20-33(46-35)26-16-14-25(22-41)15-17-26/h2-17,19,23,29,31,33,35,41H,18,20-22H2,1H3,(H2,38,39,43). The van der Waals surface area contributed by atoms with Gasteiger partial charge in [0.05, 0.1) is 49.8 Å². The molecule has 1 aliphatic rings. The Morgan fingerprint density at radius 3 is 2.50 bits per heavy atom. The summed E-state index contributed by atoms with van der Waals surface area (Å²) in [5, 5.41) is 15.1. The number of ether oxygens (including phenoxy) is 3. The Morgan fingerprint density at radius 1 is 0.935 bits per heavy atom. The molecule has 0 spiro atoms. The van der Waals surface area contributed by atoms with Gasteiger partial charge in [-0.1, -0.05) is 78.9 Å². The minimum atomic E-state index is -0.862. The molecule has 0 aliphatic carbocycles. The van der Waals surface area contributed by atoms with Crippen LogP contribution in [0.15, 0.2) is 109 Å². The number of aliphatic hydroxyl groups excluding tert-OH is 1. The Morgan fingerprint density at radius 2 is 1.72 bits per heavy atom. The van der Waals surface area contributed by atoms with E-state index < -0.39 is 24.3 Å². The average molecular weight is 621 g/mol. The van der Waals surface area contributed by atoms with Crippen molar-refractivity contribution in [3.8, 4) is 0 Å². The average Bonchev–Trinajstić information content (AvgIpc) is 3.50. The van der Waals surface area contributed by atoms with Gasteiger partial charge in [-0.15, -0.1) is 0 Å². The van der Waals surface area contributed by atoms with Crippen LogP contribution in [0.2, 0.25) is 0 Å². The number of hydrogen-bond acceptors (Lipinski definition) is 7. The number of para-hydroxylation sites is 2. The third kappa shape index (κ3) is 7.43. The maximum Gasteiger partial charge on any atom is 0.328 e. The van der Waals surface area contributed by atoms with Crippen LogP contribution in [0.25, 0.3) is 11.0 Å². The molecule has 1 saturated heterocycles. The number of nitrogens with zero attached hydrogens (tertiary/aromatic N) is 2. The van der Waals surface area contributed by atoms with Gasteiger partial charge in [-0.25, -0.2) is 14.6 Å². The Bertz CT molecular complexity index is 1770. The van der Waals surface area contributed by atoms with Crippen molar-refractivity contribution >= 4 is 28.7 Å².